The molecule has 0 aliphatic heterocycles. The van der Waals surface area contributed by atoms with Crippen molar-refractivity contribution in [2.24, 2.45) is 7.05 Å². The van der Waals surface area contributed by atoms with Crippen LogP contribution in [0.4, 0.5) is 0 Å². The van der Waals surface area contributed by atoms with E-state index < -0.39 is 0 Å². The highest BCUT2D eigenvalue weighted by Crippen LogP contribution is 2.21. The summed E-state index contributed by atoms with van der Waals surface area (Å²) in [7, 11) is 1.88. The second-order valence-corrected chi connectivity index (χ2v) is 7.13. The van der Waals surface area contributed by atoms with Gasteiger partial charge in [0.05, 0.1) is 16.9 Å². The maximum absolute atomic E-state index is 11.9. The standard InChI is InChI=1S/C19H22N4OS/c1-14-22-18(13-25-14)17-6-3-15(4-7-17)9-10-20-19(24)8-5-16-11-21-23(2)12-16/h3-4,6-7,11-13H,5,8-10H2,1-2H3,(H,20,24). The van der Waals surface area contributed by atoms with Crippen LogP contribution in [0.5, 0.6) is 0 Å². The molecular formula is C19H22N4OS. The number of aromatic nitrogens is 3. The van der Waals surface area contributed by atoms with E-state index in [0.29, 0.717) is 13.0 Å². The number of carbonyl (C=O) groups excluding carboxylic acids is 1. The largest absolute Gasteiger partial charge is 0.356 e. The van der Waals surface area contributed by atoms with Crippen LogP contribution in [0.15, 0.2) is 42.0 Å². The van der Waals surface area contributed by atoms with Crippen molar-refractivity contribution in [1.29, 1.82) is 0 Å². The molecule has 2 heterocycles. The van der Waals surface area contributed by atoms with Crippen molar-refractivity contribution in [3.05, 3.63) is 58.2 Å². The Balaban J connectivity index is 1.41. The monoisotopic (exact) mass is 354 g/mol. The number of amides is 1. The zero-order valence-electron chi connectivity index (χ0n) is 14.5. The lowest BCUT2D eigenvalue weighted by molar-refractivity contribution is -0.121. The van der Waals surface area contributed by atoms with Gasteiger partial charge in [-0.15, -0.1) is 11.3 Å². The first-order chi connectivity index (χ1) is 12.1. The lowest BCUT2D eigenvalue weighted by Crippen LogP contribution is -2.25. The Kier molecular flexibility index (Phi) is 5.60. The Morgan fingerprint density at radius 2 is 2.00 bits per heavy atom. The van der Waals surface area contributed by atoms with Crippen LogP contribution in [0.3, 0.4) is 0 Å². The van der Waals surface area contributed by atoms with Crippen molar-refractivity contribution in [3.8, 4) is 11.3 Å². The van der Waals surface area contributed by atoms with Gasteiger partial charge in [0.25, 0.3) is 0 Å². The molecule has 0 bridgehead atoms. The number of nitrogens with one attached hydrogen (secondary N) is 1. The number of nitrogens with zero attached hydrogens (tertiary/aromatic N) is 3. The fraction of sp³-hybridized carbons (Fsp3) is 0.316. The molecule has 0 unspecified atom stereocenters. The highest BCUT2D eigenvalue weighted by atomic mass is 32.1. The average Bonchev–Trinajstić information content (AvgIpc) is 3.22. The van der Waals surface area contributed by atoms with Crippen molar-refractivity contribution in [2.45, 2.75) is 26.2 Å². The first-order valence-corrected chi connectivity index (χ1v) is 9.24. The second-order valence-electron chi connectivity index (χ2n) is 6.07. The first kappa shape index (κ1) is 17.4. The van der Waals surface area contributed by atoms with Gasteiger partial charge in [0.15, 0.2) is 0 Å². The summed E-state index contributed by atoms with van der Waals surface area (Å²) in [6, 6.07) is 8.39. The molecule has 6 heteroatoms. The third kappa shape index (κ3) is 5.00. The van der Waals surface area contributed by atoms with E-state index in [1.807, 2.05) is 20.2 Å². The van der Waals surface area contributed by atoms with Gasteiger partial charge in [-0.05, 0) is 30.9 Å². The van der Waals surface area contributed by atoms with E-state index >= 15 is 0 Å². The van der Waals surface area contributed by atoms with Crippen LogP contribution in [0.25, 0.3) is 11.3 Å². The van der Waals surface area contributed by atoms with Crippen LogP contribution in [0.2, 0.25) is 0 Å². The first-order valence-electron chi connectivity index (χ1n) is 8.36. The molecule has 0 aliphatic rings. The maximum atomic E-state index is 11.9. The molecule has 0 saturated heterocycles. The highest BCUT2D eigenvalue weighted by Gasteiger charge is 2.05. The Morgan fingerprint density at radius 3 is 2.64 bits per heavy atom. The van der Waals surface area contributed by atoms with Crippen LogP contribution in [0.1, 0.15) is 22.6 Å². The number of rotatable bonds is 7. The summed E-state index contributed by atoms with van der Waals surface area (Å²) in [4.78, 5) is 16.4. The lowest BCUT2D eigenvalue weighted by Gasteiger charge is -2.06. The maximum Gasteiger partial charge on any atom is 0.220 e. The van der Waals surface area contributed by atoms with E-state index in [2.05, 4.69) is 45.0 Å². The highest BCUT2D eigenvalue weighted by molar-refractivity contribution is 7.09. The quantitative estimate of drug-likeness (QED) is 0.709. The number of hydrogen-bond donors (Lipinski definition) is 1. The van der Waals surface area contributed by atoms with E-state index in [9.17, 15) is 4.79 Å². The van der Waals surface area contributed by atoms with Crippen LogP contribution in [0, 0.1) is 6.92 Å². The van der Waals surface area contributed by atoms with E-state index in [4.69, 9.17) is 0 Å². The van der Waals surface area contributed by atoms with Crippen LogP contribution in [-0.2, 0) is 24.7 Å². The fourth-order valence-electron chi connectivity index (χ4n) is 2.63. The third-order valence-corrected chi connectivity index (χ3v) is 4.78. The number of aryl methyl sites for hydroxylation is 3. The Labute approximate surface area is 151 Å². The van der Waals surface area contributed by atoms with Crippen molar-refractivity contribution in [2.75, 3.05) is 6.54 Å². The van der Waals surface area contributed by atoms with Crippen molar-refractivity contribution in [1.82, 2.24) is 20.1 Å². The minimum Gasteiger partial charge on any atom is -0.356 e. The van der Waals surface area contributed by atoms with Crippen molar-refractivity contribution < 1.29 is 4.79 Å². The summed E-state index contributed by atoms with van der Waals surface area (Å²) >= 11 is 1.66. The lowest BCUT2D eigenvalue weighted by atomic mass is 10.1. The summed E-state index contributed by atoms with van der Waals surface area (Å²) in [5.41, 5.74) is 4.46. The normalized spacial score (nSPS) is 10.8. The van der Waals surface area contributed by atoms with Gasteiger partial charge in [0.2, 0.25) is 5.91 Å². The van der Waals surface area contributed by atoms with Crippen LogP contribution >= 0.6 is 11.3 Å². The summed E-state index contributed by atoms with van der Waals surface area (Å²) < 4.78 is 1.75. The van der Waals surface area contributed by atoms with Gasteiger partial charge < -0.3 is 5.32 Å². The average molecular weight is 354 g/mol. The summed E-state index contributed by atoms with van der Waals surface area (Å²) in [5.74, 6) is 0.0819. The fourth-order valence-corrected chi connectivity index (χ4v) is 3.25. The molecule has 1 amide bonds. The molecule has 0 fully saturated rings. The summed E-state index contributed by atoms with van der Waals surface area (Å²) in [6.07, 6.45) is 5.79. The van der Waals surface area contributed by atoms with Gasteiger partial charge in [0, 0.05) is 37.2 Å². The SMILES string of the molecule is Cc1nc(-c2ccc(CCNC(=O)CCc3cnn(C)c3)cc2)cs1. The third-order valence-electron chi connectivity index (χ3n) is 4.00. The molecule has 0 saturated carbocycles. The van der Waals surface area contributed by atoms with Crippen LogP contribution < -0.4 is 5.32 Å². The van der Waals surface area contributed by atoms with E-state index in [1.165, 1.54) is 5.56 Å². The van der Waals surface area contributed by atoms with Gasteiger partial charge in [-0.2, -0.15) is 5.10 Å². The molecule has 0 spiro atoms. The number of benzene rings is 1. The molecule has 1 aromatic carbocycles. The molecule has 0 radical (unpaired) electrons. The predicted molar refractivity (Wildman–Crippen MR) is 101 cm³/mol. The second kappa shape index (κ2) is 8.07. The number of hydrogen-bond acceptors (Lipinski definition) is 4. The van der Waals surface area contributed by atoms with E-state index in [0.717, 1.165) is 34.7 Å². The van der Waals surface area contributed by atoms with Gasteiger partial charge >= 0.3 is 0 Å². The Morgan fingerprint density at radius 1 is 1.20 bits per heavy atom. The number of carbonyl (C=O) groups is 1. The zero-order chi connectivity index (χ0) is 17.6. The molecule has 25 heavy (non-hydrogen) atoms. The van der Waals surface area contributed by atoms with Crippen LogP contribution in [-0.4, -0.2) is 27.2 Å². The van der Waals surface area contributed by atoms with Gasteiger partial charge in [0.1, 0.15) is 0 Å². The molecule has 0 aliphatic carbocycles. The summed E-state index contributed by atoms with van der Waals surface area (Å²) in [5, 5.41) is 10.2. The topological polar surface area (TPSA) is 59.8 Å². The molecule has 1 N–H and O–H groups in total. The Hall–Kier alpha value is -2.47. The molecular weight excluding hydrogens is 332 g/mol. The predicted octanol–water partition coefficient (Wildman–Crippen LogP) is 3.14. The molecule has 3 rings (SSSR count). The minimum absolute atomic E-state index is 0.0819. The van der Waals surface area contributed by atoms with Gasteiger partial charge in [-0.25, -0.2) is 4.98 Å². The summed E-state index contributed by atoms with van der Waals surface area (Å²) in [6.45, 7) is 2.67. The van der Waals surface area contributed by atoms with E-state index in [1.54, 1.807) is 22.2 Å². The Bertz CT molecular complexity index is 835. The molecule has 3 aromatic rings. The molecule has 0 atom stereocenters. The minimum atomic E-state index is 0.0819. The molecule has 130 valence electrons. The zero-order valence-corrected chi connectivity index (χ0v) is 15.3. The van der Waals surface area contributed by atoms with Crippen molar-refractivity contribution in [3.63, 3.8) is 0 Å². The van der Waals surface area contributed by atoms with Gasteiger partial charge in [-0.1, -0.05) is 24.3 Å². The van der Waals surface area contributed by atoms with Crippen molar-refractivity contribution >= 4 is 17.2 Å². The van der Waals surface area contributed by atoms with Gasteiger partial charge in [-0.3, -0.25) is 9.48 Å². The smallest absolute Gasteiger partial charge is 0.220 e. The molecule has 5 nitrogen and oxygen atoms in total. The van der Waals surface area contributed by atoms with E-state index in [-0.39, 0.29) is 5.91 Å². The number of thiazole rings is 1. The molecule has 2 aromatic heterocycles.